The first kappa shape index (κ1) is 13.1. The van der Waals surface area contributed by atoms with Gasteiger partial charge in [-0.05, 0) is 24.4 Å². The Labute approximate surface area is 125 Å². The number of hydrogen-bond donors (Lipinski definition) is 2. The SMILES string of the molecule is Nc1cc(=NC(=S)Nc2ccccc2)nc2n1CCS2. The highest BCUT2D eigenvalue weighted by atomic mass is 32.2. The van der Waals surface area contributed by atoms with E-state index in [0.717, 1.165) is 23.1 Å². The van der Waals surface area contributed by atoms with E-state index in [9.17, 15) is 0 Å². The van der Waals surface area contributed by atoms with Gasteiger partial charge in [-0.3, -0.25) is 0 Å². The number of thiocarbonyl (C=S) groups is 1. The molecule has 0 saturated carbocycles. The van der Waals surface area contributed by atoms with Gasteiger partial charge in [0.25, 0.3) is 0 Å². The van der Waals surface area contributed by atoms with Crippen LogP contribution in [-0.4, -0.2) is 20.4 Å². The van der Waals surface area contributed by atoms with E-state index in [2.05, 4.69) is 15.3 Å². The van der Waals surface area contributed by atoms with Gasteiger partial charge in [0.15, 0.2) is 15.8 Å². The molecular formula is C13H13N5S2. The number of thioether (sulfide) groups is 1. The fourth-order valence-corrected chi connectivity index (χ4v) is 3.09. The van der Waals surface area contributed by atoms with Crippen LogP contribution in [-0.2, 0) is 6.54 Å². The molecule has 0 aliphatic carbocycles. The molecule has 1 aromatic heterocycles. The average molecular weight is 303 g/mol. The molecule has 5 nitrogen and oxygen atoms in total. The minimum atomic E-state index is 0.371. The van der Waals surface area contributed by atoms with Crippen molar-refractivity contribution in [2.75, 3.05) is 16.8 Å². The van der Waals surface area contributed by atoms with Crippen molar-refractivity contribution in [2.45, 2.75) is 11.7 Å². The van der Waals surface area contributed by atoms with Crippen LogP contribution in [0.1, 0.15) is 0 Å². The van der Waals surface area contributed by atoms with Gasteiger partial charge in [0, 0.05) is 24.1 Å². The van der Waals surface area contributed by atoms with Gasteiger partial charge in [0.05, 0.1) is 0 Å². The molecule has 0 fully saturated rings. The van der Waals surface area contributed by atoms with Gasteiger partial charge < -0.3 is 15.6 Å². The van der Waals surface area contributed by atoms with Crippen LogP contribution in [0, 0.1) is 0 Å². The monoisotopic (exact) mass is 303 g/mol. The van der Waals surface area contributed by atoms with Crippen molar-refractivity contribution in [2.24, 2.45) is 4.99 Å². The van der Waals surface area contributed by atoms with E-state index < -0.39 is 0 Å². The third-order valence-electron chi connectivity index (χ3n) is 2.82. The number of nitrogens with zero attached hydrogens (tertiary/aromatic N) is 3. The zero-order valence-electron chi connectivity index (χ0n) is 10.6. The number of benzene rings is 1. The van der Waals surface area contributed by atoms with Gasteiger partial charge in [-0.1, -0.05) is 30.0 Å². The number of nitrogens with one attached hydrogen (secondary N) is 1. The van der Waals surface area contributed by atoms with Crippen LogP contribution in [0.5, 0.6) is 0 Å². The van der Waals surface area contributed by atoms with Crippen molar-refractivity contribution in [3.05, 3.63) is 41.9 Å². The number of nitrogens with two attached hydrogens (primary N) is 1. The fraction of sp³-hybridized carbons (Fsp3) is 0.154. The second kappa shape index (κ2) is 5.64. The highest BCUT2D eigenvalue weighted by Gasteiger charge is 2.13. The van der Waals surface area contributed by atoms with Crippen LogP contribution in [0.25, 0.3) is 0 Å². The molecule has 2 aromatic rings. The Morgan fingerprint density at radius 1 is 1.40 bits per heavy atom. The van der Waals surface area contributed by atoms with Gasteiger partial charge in [0.2, 0.25) is 0 Å². The molecular weight excluding hydrogens is 290 g/mol. The van der Waals surface area contributed by atoms with Crippen LogP contribution >= 0.6 is 24.0 Å². The van der Waals surface area contributed by atoms with Crippen LogP contribution in [0.2, 0.25) is 0 Å². The molecule has 0 radical (unpaired) electrons. The largest absolute Gasteiger partial charge is 0.385 e. The second-order valence-electron chi connectivity index (χ2n) is 4.23. The van der Waals surface area contributed by atoms with Crippen molar-refractivity contribution in [1.29, 1.82) is 0 Å². The third-order valence-corrected chi connectivity index (χ3v) is 3.97. The molecule has 102 valence electrons. The lowest BCUT2D eigenvalue weighted by Gasteiger charge is -2.06. The van der Waals surface area contributed by atoms with Crippen molar-refractivity contribution < 1.29 is 0 Å². The molecule has 2 heterocycles. The third kappa shape index (κ3) is 2.83. The maximum absolute atomic E-state index is 5.99. The van der Waals surface area contributed by atoms with E-state index in [1.54, 1.807) is 17.8 Å². The molecule has 1 aromatic carbocycles. The number of aromatic nitrogens is 2. The van der Waals surface area contributed by atoms with Gasteiger partial charge in [-0.25, -0.2) is 9.98 Å². The molecule has 0 spiro atoms. The van der Waals surface area contributed by atoms with Crippen molar-refractivity contribution in [3.8, 4) is 0 Å². The number of anilines is 2. The molecule has 1 aliphatic rings. The zero-order valence-corrected chi connectivity index (χ0v) is 12.2. The van der Waals surface area contributed by atoms with Gasteiger partial charge >= 0.3 is 0 Å². The molecule has 3 N–H and O–H groups in total. The molecule has 20 heavy (non-hydrogen) atoms. The lowest BCUT2D eigenvalue weighted by Crippen LogP contribution is -2.19. The number of nitrogen functional groups attached to an aromatic ring is 1. The van der Waals surface area contributed by atoms with E-state index >= 15 is 0 Å². The summed E-state index contributed by atoms with van der Waals surface area (Å²) >= 11 is 6.89. The van der Waals surface area contributed by atoms with E-state index in [4.69, 9.17) is 18.0 Å². The molecule has 3 rings (SSSR count). The fourth-order valence-electron chi connectivity index (χ4n) is 1.91. The number of fused-ring (bicyclic) bond motifs is 1. The van der Waals surface area contributed by atoms with Crippen LogP contribution in [0.3, 0.4) is 0 Å². The summed E-state index contributed by atoms with van der Waals surface area (Å²) in [5, 5.41) is 4.31. The summed E-state index contributed by atoms with van der Waals surface area (Å²) in [7, 11) is 0. The maximum atomic E-state index is 5.99. The summed E-state index contributed by atoms with van der Waals surface area (Å²) in [6, 6.07) is 11.4. The van der Waals surface area contributed by atoms with Gasteiger partial charge in [-0.2, -0.15) is 0 Å². The summed E-state index contributed by atoms with van der Waals surface area (Å²) in [5.41, 5.74) is 7.43. The Morgan fingerprint density at radius 2 is 2.20 bits per heavy atom. The van der Waals surface area contributed by atoms with E-state index in [1.165, 1.54) is 0 Å². The Bertz CT molecular complexity index is 708. The summed E-state index contributed by atoms with van der Waals surface area (Å²) in [4.78, 5) is 8.74. The Balaban J connectivity index is 1.85. The van der Waals surface area contributed by atoms with Crippen molar-refractivity contribution in [1.82, 2.24) is 9.55 Å². The molecule has 0 unspecified atom stereocenters. The molecule has 0 saturated heterocycles. The highest BCUT2D eigenvalue weighted by Crippen LogP contribution is 2.23. The average Bonchev–Trinajstić information content (AvgIpc) is 2.88. The predicted molar refractivity (Wildman–Crippen MR) is 85.6 cm³/mol. The lowest BCUT2D eigenvalue weighted by molar-refractivity contribution is 0.684. The number of hydrogen-bond acceptors (Lipinski definition) is 4. The topological polar surface area (TPSA) is 68.2 Å². The number of rotatable bonds is 1. The smallest absolute Gasteiger partial charge is 0.199 e. The first-order valence-corrected chi connectivity index (χ1v) is 7.53. The summed E-state index contributed by atoms with van der Waals surface area (Å²) in [6.07, 6.45) is 0. The van der Waals surface area contributed by atoms with Crippen LogP contribution in [0.4, 0.5) is 11.5 Å². The lowest BCUT2D eigenvalue weighted by atomic mass is 10.3. The first-order chi connectivity index (χ1) is 9.72. The molecule has 7 heteroatoms. The minimum absolute atomic E-state index is 0.371. The molecule has 0 bridgehead atoms. The second-order valence-corrected chi connectivity index (χ2v) is 5.68. The van der Waals surface area contributed by atoms with E-state index in [1.807, 2.05) is 34.9 Å². The Hall–Kier alpha value is -1.86. The van der Waals surface area contributed by atoms with E-state index in [0.29, 0.717) is 16.4 Å². The van der Waals surface area contributed by atoms with E-state index in [-0.39, 0.29) is 0 Å². The molecule has 0 atom stereocenters. The summed E-state index contributed by atoms with van der Waals surface area (Å²) < 4.78 is 1.98. The maximum Gasteiger partial charge on any atom is 0.199 e. The first-order valence-electron chi connectivity index (χ1n) is 6.13. The standard InChI is InChI=1S/C13H13N5S2/c14-10-8-11(17-13-18(10)6-7-20-13)16-12(19)15-9-4-2-1-3-5-9/h1-5,8H,6-7,14H2,(H,15,19). The quantitative estimate of drug-likeness (QED) is 0.622. The van der Waals surface area contributed by atoms with Crippen molar-refractivity contribution >= 4 is 40.6 Å². The minimum Gasteiger partial charge on any atom is -0.385 e. The zero-order chi connectivity index (χ0) is 13.9. The van der Waals surface area contributed by atoms with Gasteiger partial charge in [-0.15, -0.1) is 0 Å². The number of para-hydroxylation sites is 1. The van der Waals surface area contributed by atoms with Crippen molar-refractivity contribution in [3.63, 3.8) is 0 Å². The summed E-state index contributed by atoms with van der Waals surface area (Å²) in [6.45, 7) is 0.895. The Kier molecular flexibility index (Phi) is 3.70. The summed E-state index contributed by atoms with van der Waals surface area (Å²) in [5.74, 6) is 1.66. The molecule has 0 amide bonds. The Morgan fingerprint density at radius 3 is 3.00 bits per heavy atom. The molecule has 1 aliphatic heterocycles. The van der Waals surface area contributed by atoms with Crippen LogP contribution < -0.4 is 16.5 Å². The highest BCUT2D eigenvalue weighted by molar-refractivity contribution is 7.99. The van der Waals surface area contributed by atoms with Gasteiger partial charge in [0.1, 0.15) is 5.82 Å². The van der Waals surface area contributed by atoms with Crippen LogP contribution in [0.15, 0.2) is 46.5 Å². The predicted octanol–water partition coefficient (Wildman–Crippen LogP) is 1.87. The normalized spacial score (nSPS) is 14.1.